The summed E-state index contributed by atoms with van der Waals surface area (Å²) in [5, 5.41) is 0.340. The molecule has 0 amide bonds. The van der Waals surface area contributed by atoms with Gasteiger partial charge in [-0.15, -0.1) is 0 Å². The molecule has 2 aromatic rings. The molecule has 5 nitrogen and oxygen atoms in total. The Bertz CT molecular complexity index is 748. The Hall–Kier alpha value is -2.14. The Morgan fingerprint density at radius 1 is 1.23 bits per heavy atom. The third-order valence-corrected chi connectivity index (χ3v) is 4.96. The summed E-state index contributed by atoms with van der Waals surface area (Å²) in [6.07, 6.45) is 2.64. The van der Waals surface area contributed by atoms with E-state index in [9.17, 15) is 4.79 Å². The second kappa shape index (κ2) is 8.04. The average Bonchev–Trinajstić information content (AvgIpc) is 2.60. The minimum atomic E-state index is 0.0526. The molecule has 0 bridgehead atoms. The van der Waals surface area contributed by atoms with Gasteiger partial charge in [0.1, 0.15) is 11.0 Å². The van der Waals surface area contributed by atoms with E-state index in [1.54, 1.807) is 6.07 Å². The lowest BCUT2D eigenvalue weighted by atomic mass is 9.88. The number of anilines is 2. The first-order valence-electron chi connectivity index (χ1n) is 9.10. The van der Waals surface area contributed by atoms with E-state index < -0.39 is 0 Å². The molecule has 0 unspecified atom stereocenters. The smallest absolute Gasteiger partial charge is 0.223 e. The maximum atomic E-state index is 12.8. The first kappa shape index (κ1) is 18.6. The normalized spacial score (nSPS) is 15.5. The van der Waals surface area contributed by atoms with Gasteiger partial charge in [-0.3, -0.25) is 4.79 Å². The van der Waals surface area contributed by atoms with Crippen LogP contribution in [0.5, 0.6) is 0 Å². The van der Waals surface area contributed by atoms with Crippen LogP contribution in [0.2, 0.25) is 5.15 Å². The summed E-state index contributed by atoms with van der Waals surface area (Å²) >= 11 is 5.96. The van der Waals surface area contributed by atoms with Crippen molar-refractivity contribution in [3.8, 4) is 0 Å². The van der Waals surface area contributed by atoms with Crippen LogP contribution in [-0.2, 0) is 6.42 Å². The molecule has 1 fully saturated rings. The molecule has 3 rings (SSSR count). The number of hydrogen-bond donors (Lipinski definition) is 1. The minimum Gasteiger partial charge on any atom is -0.368 e. The number of nitrogens with two attached hydrogens (primary N) is 1. The summed E-state index contributed by atoms with van der Waals surface area (Å²) in [7, 11) is 0. The van der Waals surface area contributed by atoms with Crippen LogP contribution in [0.1, 0.15) is 42.6 Å². The van der Waals surface area contributed by atoms with Gasteiger partial charge in [0.2, 0.25) is 5.95 Å². The van der Waals surface area contributed by atoms with Crippen molar-refractivity contribution in [1.82, 2.24) is 9.97 Å². The predicted octanol–water partition coefficient (Wildman–Crippen LogP) is 4.01. The van der Waals surface area contributed by atoms with Gasteiger partial charge in [0.25, 0.3) is 0 Å². The maximum Gasteiger partial charge on any atom is 0.223 e. The van der Waals surface area contributed by atoms with Crippen molar-refractivity contribution in [2.45, 2.75) is 33.1 Å². The lowest BCUT2D eigenvalue weighted by molar-refractivity contribution is 0.0900. The van der Waals surface area contributed by atoms with Gasteiger partial charge < -0.3 is 10.6 Å². The number of piperidine rings is 1. The van der Waals surface area contributed by atoms with Crippen LogP contribution < -0.4 is 10.6 Å². The van der Waals surface area contributed by atoms with E-state index >= 15 is 0 Å². The number of nitrogen functional groups attached to an aromatic ring is 1. The van der Waals surface area contributed by atoms with Crippen molar-refractivity contribution < 1.29 is 4.79 Å². The minimum absolute atomic E-state index is 0.0526. The van der Waals surface area contributed by atoms with Crippen LogP contribution >= 0.6 is 11.6 Å². The van der Waals surface area contributed by atoms with Gasteiger partial charge in [0.15, 0.2) is 5.78 Å². The van der Waals surface area contributed by atoms with Crippen molar-refractivity contribution in [3.05, 3.63) is 46.6 Å². The van der Waals surface area contributed by atoms with Crippen molar-refractivity contribution in [2.24, 2.45) is 11.8 Å². The molecule has 0 radical (unpaired) electrons. The highest BCUT2D eigenvalue weighted by molar-refractivity contribution is 6.29. The molecule has 0 spiro atoms. The molecular weight excluding hydrogens is 348 g/mol. The molecular formula is C20H25ClN4O. The quantitative estimate of drug-likeness (QED) is 0.634. The Kier molecular flexibility index (Phi) is 5.77. The van der Waals surface area contributed by atoms with Crippen LogP contribution in [0.25, 0.3) is 0 Å². The number of hydrogen-bond acceptors (Lipinski definition) is 5. The molecule has 0 saturated carbocycles. The number of nitrogens with zero attached hydrogens (tertiary/aromatic N) is 3. The van der Waals surface area contributed by atoms with E-state index in [-0.39, 0.29) is 17.6 Å². The lowest BCUT2D eigenvalue weighted by Crippen LogP contribution is -2.37. The fourth-order valence-corrected chi connectivity index (χ4v) is 3.65. The largest absolute Gasteiger partial charge is 0.368 e. The highest BCUT2D eigenvalue weighted by Gasteiger charge is 2.26. The van der Waals surface area contributed by atoms with Gasteiger partial charge in [-0.2, -0.15) is 4.98 Å². The lowest BCUT2D eigenvalue weighted by Gasteiger charge is -2.32. The van der Waals surface area contributed by atoms with Gasteiger partial charge in [-0.1, -0.05) is 49.7 Å². The SMILES string of the molecule is CC(C)Cc1ccc(C(=O)C2CCN(c3cc(Cl)nc(N)n3)CC2)cc1. The van der Waals surface area contributed by atoms with Crippen molar-refractivity contribution in [3.63, 3.8) is 0 Å². The number of rotatable bonds is 5. The van der Waals surface area contributed by atoms with Crippen LogP contribution in [0.4, 0.5) is 11.8 Å². The molecule has 0 atom stereocenters. The van der Waals surface area contributed by atoms with Crippen LogP contribution in [-0.4, -0.2) is 28.8 Å². The zero-order valence-electron chi connectivity index (χ0n) is 15.3. The van der Waals surface area contributed by atoms with E-state index in [4.69, 9.17) is 17.3 Å². The van der Waals surface area contributed by atoms with Gasteiger partial charge in [-0.05, 0) is 30.7 Å². The van der Waals surface area contributed by atoms with Crippen LogP contribution in [0, 0.1) is 11.8 Å². The molecule has 6 heteroatoms. The highest BCUT2D eigenvalue weighted by atomic mass is 35.5. The van der Waals surface area contributed by atoms with E-state index in [1.807, 2.05) is 12.1 Å². The number of benzene rings is 1. The molecule has 1 aromatic carbocycles. The summed E-state index contributed by atoms with van der Waals surface area (Å²) in [4.78, 5) is 23.0. The zero-order chi connectivity index (χ0) is 18.7. The average molecular weight is 373 g/mol. The summed E-state index contributed by atoms with van der Waals surface area (Å²) in [6.45, 7) is 5.92. The standard InChI is InChI=1S/C20H25ClN4O/c1-13(2)11-14-3-5-15(6-4-14)19(26)16-7-9-25(10-8-16)18-12-17(21)23-20(22)24-18/h3-6,12-13,16H,7-11H2,1-2H3,(H2,22,23,24). The number of Topliss-reactive ketones (excluding diaryl/α,β-unsaturated/α-hetero) is 1. The number of carbonyl (C=O) groups excluding carboxylic acids is 1. The molecule has 26 heavy (non-hydrogen) atoms. The third kappa shape index (κ3) is 4.52. The summed E-state index contributed by atoms with van der Waals surface area (Å²) < 4.78 is 0. The molecule has 138 valence electrons. The summed E-state index contributed by atoms with van der Waals surface area (Å²) in [5.74, 6) is 1.81. The first-order valence-corrected chi connectivity index (χ1v) is 9.48. The van der Waals surface area contributed by atoms with E-state index in [0.29, 0.717) is 11.1 Å². The molecule has 1 aliphatic heterocycles. The Balaban J connectivity index is 1.61. The van der Waals surface area contributed by atoms with Gasteiger partial charge in [-0.25, -0.2) is 4.98 Å². The second-order valence-corrected chi connectivity index (χ2v) is 7.71. The van der Waals surface area contributed by atoms with Crippen LogP contribution in [0.3, 0.4) is 0 Å². The third-order valence-electron chi connectivity index (χ3n) is 4.77. The molecule has 0 aliphatic carbocycles. The fourth-order valence-electron chi connectivity index (χ4n) is 3.47. The van der Waals surface area contributed by atoms with Crippen LogP contribution in [0.15, 0.2) is 30.3 Å². The highest BCUT2D eigenvalue weighted by Crippen LogP contribution is 2.26. The number of halogens is 1. The van der Waals surface area contributed by atoms with E-state index in [2.05, 4.69) is 40.8 Å². The molecule has 2 N–H and O–H groups in total. The summed E-state index contributed by atoms with van der Waals surface area (Å²) in [5.41, 5.74) is 7.76. The summed E-state index contributed by atoms with van der Waals surface area (Å²) in [6, 6.07) is 9.81. The number of aromatic nitrogens is 2. The van der Waals surface area contributed by atoms with Crippen molar-refractivity contribution in [2.75, 3.05) is 23.7 Å². The number of carbonyl (C=O) groups is 1. The topological polar surface area (TPSA) is 72.1 Å². The fraction of sp³-hybridized carbons (Fsp3) is 0.450. The molecule has 1 saturated heterocycles. The van der Waals surface area contributed by atoms with E-state index in [0.717, 1.165) is 43.7 Å². The van der Waals surface area contributed by atoms with E-state index in [1.165, 1.54) is 5.56 Å². The predicted molar refractivity (Wildman–Crippen MR) is 106 cm³/mol. The maximum absolute atomic E-state index is 12.8. The van der Waals surface area contributed by atoms with Gasteiger partial charge in [0.05, 0.1) is 0 Å². The molecule has 1 aromatic heterocycles. The zero-order valence-corrected chi connectivity index (χ0v) is 16.0. The van der Waals surface area contributed by atoms with Crippen molar-refractivity contribution >= 4 is 29.2 Å². The Morgan fingerprint density at radius 3 is 2.46 bits per heavy atom. The molecule has 1 aliphatic rings. The number of ketones is 1. The monoisotopic (exact) mass is 372 g/mol. The van der Waals surface area contributed by atoms with Gasteiger partial charge >= 0.3 is 0 Å². The Labute approximate surface area is 159 Å². The van der Waals surface area contributed by atoms with Crippen molar-refractivity contribution in [1.29, 1.82) is 0 Å². The molecule has 2 heterocycles. The second-order valence-electron chi connectivity index (χ2n) is 7.33. The van der Waals surface area contributed by atoms with Gasteiger partial charge in [0, 0.05) is 30.6 Å². The Morgan fingerprint density at radius 2 is 1.88 bits per heavy atom. The first-order chi connectivity index (χ1) is 12.4.